The van der Waals surface area contributed by atoms with E-state index >= 15 is 0 Å². The monoisotopic (exact) mass is 302 g/mol. The highest BCUT2D eigenvalue weighted by molar-refractivity contribution is 5.56. The summed E-state index contributed by atoms with van der Waals surface area (Å²) < 4.78 is 39.9. The van der Waals surface area contributed by atoms with Gasteiger partial charge in [0.05, 0.1) is 5.56 Å². The maximum Gasteiger partial charge on any atom is 0.418 e. The van der Waals surface area contributed by atoms with Gasteiger partial charge >= 0.3 is 6.18 Å². The summed E-state index contributed by atoms with van der Waals surface area (Å²) in [7, 11) is 1.71. The molecule has 1 aromatic rings. The lowest BCUT2D eigenvalue weighted by atomic mass is 9.95. The summed E-state index contributed by atoms with van der Waals surface area (Å²) in [6.45, 7) is 9.69. The number of nitrogens with zero attached hydrogens (tertiary/aromatic N) is 1. The van der Waals surface area contributed by atoms with Crippen LogP contribution in [-0.4, -0.2) is 20.1 Å². The van der Waals surface area contributed by atoms with Gasteiger partial charge in [0.25, 0.3) is 0 Å². The van der Waals surface area contributed by atoms with Crippen LogP contribution in [0.2, 0.25) is 0 Å². The van der Waals surface area contributed by atoms with Crippen molar-refractivity contribution in [2.75, 3.05) is 25.0 Å². The Hall–Kier alpha value is -1.23. The van der Waals surface area contributed by atoms with Gasteiger partial charge in [-0.1, -0.05) is 33.8 Å². The van der Waals surface area contributed by atoms with E-state index in [0.717, 1.165) is 6.54 Å². The molecule has 120 valence electrons. The SMILES string of the molecule is CCNCc1ccc(N(C)CC(C)(C)C)c(C(F)(F)F)c1. The predicted molar refractivity (Wildman–Crippen MR) is 81.5 cm³/mol. The molecule has 1 aromatic carbocycles. The first-order valence-corrected chi connectivity index (χ1v) is 7.16. The Balaban J connectivity index is 3.13. The molecule has 5 heteroatoms. The third-order valence-electron chi connectivity index (χ3n) is 3.07. The third kappa shape index (κ3) is 5.58. The molecule has 0 atom stereocenters. The van der Waals surface area contributed by atoms with Crippen LogP contribution in [0.5, 0.6) is 0 Å². The van der Waals surface area contributed by atoms with Crippen LogP contribution in [0.3, 0.4) is 0 Å². The molecule has 0 spiro atoms. The molecule has 0 saturated heterocycles. The van der Waals surface area contributed by atoms with E-state index in [4.69, 9.17) is 0 Å². The Morgan fingerprint density at radius 3 is 2.24 bits per heavy atom. The van der Waals surface area contributed by atoms with Gasteiger partial charge in [0.1, 0.15) is 0 Å². The first kappa shape index (κ1) is 17.8. The van der Waals surface area contributed by atoms with Crippen LogP contribution in [0, 0.1) is 5.41 Å². The molecule has 0 heterocycles. The molecular formula is C16H25F3N2. The highest BCUT2D eigenvalue weighted by atomic mass is 19.4. The van der Waals surface area contributed by atoms with E-state index < -0.39 is 11.7 Å². The molecule has 0 aliphatic rings. The van der Waals surface area contributed by atoms with Gasteiger partial charge in [-0.15, -0.1) is 0 Å². The van der Waals surface area contributed by atoms with Gasteiger partial charge in [0, 0.05) is 25.8 Å². The Labute approximate surface area is 125 Å². The highest BCUT2D eigenvalue weighted by Gasteiger charge is 2.35. The molecule has 0 saturated carbocycles. The Morgan fingerprint density at radius 1 is 1.14 bits per heavy atom. The van der Waals surface area contributed by atoms with Crippen molar-refractivity contribution in [3.63, 3.8) is 0 Å². The molecule has 1 rings (SSSR count). The maximum atomic E-state index is 13.3. The molecular weight excluding hydrogens is 277 g/mol. The molecule has 0 aromatic heterocycles. The van der Waals surface area contributed by atoms with E-state index in [1.165, 1.54) is 6.07 Å². The largest absolute Gasteiger partial charge is 0.418 e. The first-order valence-electron chi connectivity index (χ1n) is 7.16. The summed E-state index contributed by atoms with van der Waals surface area (Å²) >= 11 is 0. The fourth-order valence-electron chi connectivity index (χ4n) is 2.32. The van der Waals surface area contributed by atoms with Gasteiger partial charge in [-0.25, -0.2) is 0 Å². The van der Waals surface area contributed by atoms with Gasteiger partial charge in [-0.3, -0.25) is 0 Å². The summed E-state index contributed by atoms with van der Waals surface area (Å²) in [4.78, 5) is 1.68. The molecule has 0 radical (unpaired) electrons. The van der Waals surface area contributed by atoms with Crippen LogP contribution >= 0.6 is 0 Å². The van der Waals surface area contributed by atoms with Gasteiger partial charge in [-0.05, 0) is 29.7 Å². The molecule has 0 bridgehead atoms. The minimum atomic E-state index is -4.34. The zero-order valence-electron chi connectivity index (χ0n) is 13.4. The summed E-state index contributed by atoms with van der Waals surface area (Å²) in [5.74, 6) is 0. The molecule has 1 N–H and O–H groups in total. The van der Waals surface area contributed by atoms with Crippen molar-refractivity contribution in [3.05, 3.63) is 29.3 Å². The van der Waals surface area contributed by atoms with E-state index in [2.05, 4.69) is 5.32 Å². The summed E-state index contributed by atoms with van der Waals surface area (Å²) in [5, 5.41) is 3.05. The number of halogens is 3. The van der Waals surface area contributed by atoms with Crippen LogP contribution in [0.15, 0.2) is 18.2 Å². The van der Waals surface area contributed by atoms with Gasteiger partial charge in [-0.2, -0.15) is 13.2 Å². The van der Waals surface area contributed by atoms with E-state index in [1.807, 2.05) is 27.7 Å². The van der Waals surface area contributed by atoms with Crippen molar-refractivity contribution in [1.29, 1.82) is 0 Å². The topological polar surface area (TPSA) is 15.3 Å². The Bertz CT molecular complexity index is 462. The third-order valence-corrected chi connectivity index (χ3v) is 3.07. The van der Waals surface area contributed by atoms with Crippen LogP contribution in [0.4, 0.5) is 18.9 Å². The van der Waals surface area contributed by atoms with Crippen LogP contribution in [0.1, 0.15) is 38.8 Å². The first-order chi connectivity index (χ1) is 9.54. The van der Waals surface area contributed by atoms with Crippen molar-refractivity contribution in [2.24, 2.45) is 5.41 Å². The molecule has 0 aliphatic carbocycles. The minimum Gasteiger partial charge on any atom is -0.374 e. The van der Waals surface area contributed by atoms with Gasteiger partial charge < -0.3 is 10.2 Å². The van der Waals surface area contributed by atoms with Crippen molar-refractivity contribution in [2.45, 2.75) is 40.4 Å². The number of alkyl halides is 3. The number of rotatable bonds is 5. The zero-order valence-corrected chi connectivity index (χ0v) is 13.4. The van der Waals surface area contributed by atoms with Gasteiger partial charge in [0.15, 0.2) is 0 Å². The van der Waals surface area contributed by atoms with Crippen LogP contribution in [-0.2, 0) is 12.7 Å². The number of hydrogen-bond acceptors (Lipinski definition) is 2. The lowest BCUT2D eigenvalue weighted by Crippen LogP contribution is -2.30. The van der Waals surface area contributed by atoms with Crippen LogP contribution < -0.4 is 10.2 Å². The van der Waals surface area contributed by atoms with Crippen LogP contribution in [0.25, 0.3) is 0 Å². The van der Waals surface area contributed by atoms with E-state index in [1.54, 1.807) is 24.1 Å². The van der Waals surface area contributed by atoms with E-state index in [-0.39, 0.29) is 11.1 Å². The number of benzene rings is 1. The molecule has 0 fully saturated rings. The second kappa shape index (κ2) is 6.69. The van der Waals surface area contributed by atoms with E-state index in [9.17, 15) is 13.2 Å². The molecule has 0 unspecified atom stereocenters. The van der Waals surface area contributed by atoms with Crippen molar-refractivity contribution >= 4 is 5.69 Å². The van der Waals surface area contributed by atoms with Crippen molar-refractivity contribution in [1.82, 2.24) is 5.32 Å². The second-order valence-corrected chi connectivity index (χ2v) is 6.55. The normalized spacial score (nSPS) is 12.6. The number of anilines is 1. The summed E-state index contributed by atoms with van der Waals surface area (Å²) in [6.07, 6.45) is -4.34. The summed E-state index contributed by atoms with van der Waals surface area (Å²) in [5.41, 5.74) is 0.250. The standard InChI is InChI=1S/C16H25F3N2/c1-6-20-10-12-7-8-14(13(9-12)16(17,18)19)21(5)11-15(2,3)4/h7-9,20H,6,10-11H2,1-5H3. The minimum absolute atomic E-state index is 0.0694. The molecule has 0 aliphatic heterocycles. The predicted octanol–water partition coefficient (Wildman–Crippen LogP) is 4.30. The smallest absolute Gasteiger partial charge is 0.374 e. The Morgan fingerprint density at radius 2 is 1.76 bits per heavy atom. The average Bonchev–Trinajstić information content (AvgIpc) is 2.32. The fraction of sp³-hybridized carbons (Fsp3) is 0.625. The number of hydrogen-bond donors (Lipinski definition) is 1. The van der Waals surface area contributed by atoms with E-state index in [0.29, 0.717) is 18.7 Å². The lowest BCUT2D eigenvalue weighted by Gasteiger charge is -2.30. The zero-order chi connectivity index (χ0) is 16.3. The highest BCUT2D eigenvalue weighted by Crippen LogP contribution is 2.37. The number of nitrogens with one attached hydrogen (secondary N) is 1. The van der Waals surface area contributed by atoms with Crippen molar-refractivity contribution < 1.29 is 13.2 Å². The second-order valence-electron chi connectivity index (χ2n) is 6.55. The fourth-order valence-corrected chi connectivity index (χ4v) is 2.32. The quantitative estimate of drug-likeness (QED) is 0.872. The average molecular weight is 302 g/mol. The Kier molecular flexibility index (Phi) is 5.68. The molecule has 2 nitrogen and oxygen atoms in total. The van der Waals surface area contributed by atoms with Crippen molar-refractivity contribution in [3.8, 4) is 0 Å². The molecule has 0 amide bonds. The lowest BCUT2D eigenvalue weighted by molar-refractivity contribution is -0.137. The summed E-state index contributed by atoms with van der Waals surface area (Å²) in [6, 6.07) is 4.57. The van der Waals surface area contributed by atoms with Gasteiger partial charge in [0.2, 0.25) is 0 Å². The molecule has 21 heavy (non-hydrogen) atoms. The maximum absolute atomic E-state index is 13.3.